The van der Waals surface area contributed by atoms with Gasteiger partial charge in [0.05, 0.1) is 6.21 Å². The van der Waals surface area contributed by atoms with Crippen molar-refractivity contribution in [3.8, 4) is 0 Å². The molecule has 0 aliphatic carbocycles. The maximum atomic E-state index is 11.6. The Morgan fingerprint density at radius 1 is 1.13 bits per heavy atom. The van der Waals surface area contributed by atoms with Crippen molar-refractivity contribution in [2.75, 3.05) is 6.54 Å². The fourth-order valence-corrected chi connectivity index (χ4v) is 2.06. The van der Waals surface area contributed by atoms with Crippen molar-refractivity contribution in [3.05, 3.63) is 34.9 Å². The van der Waals surface area contributed by atoms with E-state index in [-0.39, 0.29) is 11.8 Å². The number of hydrazone groups is 1. The smallest absolute Gasteiger partial charge is 0.240 e. The van der Waals surface area contributed by atoms with Crippen molar-refractivity contribution in [1.82, 2.24) is 10.7 Å². The fraction of sp³-hybridized carbons (Fsp3) is 0.471. The third kappa shape index (κ3) is 8.98. The molecule has 126 valence electrons. The number of hydrogen-bond donors (Lipinski definition) is 2. The number of nitrogens with one attached hydrogen (secondary N) is 2. The van der Waals surface area contributed by atoms with Crippen molar-refractivity contribution in [3.63, 3.8) is 0 Å². The van der Waals surface area contributed by atoms with Crippen LogP contribution in [0.3, 0.4) is 0 Å². The van der Waals surface area contributed by atoms with Gasteiger partial charge in [0, 0.05) is 30.0 Å². The van der Waals surface area contributed by atoms with Crippen LogP contribution in [0.25, 0.3) is 0 Å². The lowest BCUT2D eigenvalue weighted by atomic mass is 10.2. The molecule has 1 rings (SSSR count). The summed E-state index contributed by atoms with van der Waals surface area (Å²) in [6, 6.07) is 7.25. The Hall–Kier alpha value is -1.88. The monoisotopic (exact) mass is 337 g/mol. The first kappa shape index (κ1) is 19.2. The van der Waals surface area contributed by atoms with Crippen LogP contribution >= 0.6 is 11.6 Å². The van der Waals surface area contributed by atoms with Gasteiger partial charge in [-0.05, 0) is 25.3 Å². The quantitative estimate of drug-likeness (QED) is 0.391. The third-order valence-electron chi connectivity index (χ3n) is 3.21. The first-order valence-electron chi connectivity index (χ1n) is 7.96. The van der Waals surface area contributed by atoms with Gasteiger partial charge in [-0.15, -0.1) is 0 Å². The zero-order chi connectivity index (χ0) is 16.9. The molecule has 0 spiro atoms. The molecule has 0 aliphatic heterocycles. The second-order valence-electron chi connectivity index (χ2n) is 5.23. The number of carbonyl (C=O) groups excluding carboxylic acids is 2. The van der Waals surface area contributed by atoms with E-state index in [1.54, 1.807) is 6.07 Å². The van der Waals surface area contributed by atoms with Gasteiger partial charge in [-0.3, -0.25) is 9.59 Å². The largest absolute Gasteiger partial charge is 0.356 e. The second kappa shape index (κ2) is 11.7. The minimum absolute atomic E-state index is 0.0515. The van der Waals surface area contributed by atoms with Crippen LogP contribution in [0.15, 0.2) is 29.4 Å². The molecule has 6 heteroatoms. The van der Waals surface area contributed by atoms with Crippen LogP contribution < -0.4 is 10.7 Å². The maximum Gasteiger partial charge on any atom is 0.240 e. The highest BCUT2D eigenvalue weighted by molar-refractivity contribution is 6.33. The zero-order valence-corrected chi connectivity index (χ0v) is 14.2. The van der Waals surface area contributed by atoms with E-state index in [1.807, 2.05) is 18.2 Å². The summed E-state index contributed by atoms with van der Waals surface area (Å²) in [5.74, 6) is -0.115. The van der Waals surface area contributed by atoms with Crippen molar-refractivity contribution in [2.45, 2.75) is 45.4 Å². The van der Waals surface area contributed by atoms with E-state index < -0.39 is 0 Å². The number of halogens is 1. The number of hydrogen-bond acceptors (Lipinski definition) is 3. The molecule has 0 bridgehead atoms. The molecule has 0 aliphatic rings. The van der Waals surface area contributed by atoms with Crippen molar-refractivity contribution >= 4 is 29.6 Å². The lowest BCUT2D eigenvalue weighted by Crippen LogP contribution is -2.24. The van der Waals surface area contributed by atoms with Gasteiger partial charge in [0.2, 0.25) is 11.8 Å². The Labute approximate surface area is 142 Å². The van der Waals surface area contributed by atoms with Gasteiger partial charge in [0.25, 0.3) is 0 Å². The minimum atomic E-state index is -0.167. The first-order valence-corrected chi connectivity index (χ1v) is 8.34. The van der Waals surface area contributed by atoms with Gasteiger partial charge >= 0.3 is 0 Å². The first-order chi connectivity index (χ1) is 11.1. The van der Waals surface area contributed by atoms with Gasteiger partial charge in [0.15, 0.2) is 0 Å². The summed E-state index contributed by atoms with van der Waals surface area (Å²) in [5, 5.41) is 7.31. The predicted octanol–water partition coefficient (Wildman–Crippen LogP) is 3.27. The summed E-state index contributed by atoms with van der Waals surface area (Å²) >= 11 is 5.98. The highest BCUT2D eigenvalue weighted by Crippen LogP contribution is 2.12. The summed E-state index contributed by atoms with van der Waals surface area (Å²) in [4.78, 5) is 23.1. The summed E-state index contributed by atoms with van der Waals surface area (Å²) in [6.07, 6.45) is 5.74. The number of rotatable bonds is 10. The maximum absolute atomic E-state index is 11.6. The number of carbonyl (C=O) groups is 2. The molecule has 0 fully saturated rings. The van der Waals surface area contributed by atoms with Crippen LogP contribution in [-0.4, -0.2) is 24.6 Å². The van der Waals surface area contributed by atoms with E-state index >= 15 is 0 Å². The van der Waals surface area contributed by atoms with E-state index in [0.717, 1.165) is 24.9 Å². The topological polar surface area (TPSA) is 70.6 Å². The predicted molar refractivity (Wildman–Crippen MR) is 93.6 cm³/mol. The molecule has 0 saturated carbocycles. The average molecular weight is 338 g/mol. The number of unbranched alkanes of at least 4 members (excludes halogenated alkanes) is 2. The molecule has 0 atom stereocenters. The number of benzene rings is 1. The summed E-state index contributed by atoms with van der Waals surface area (Å²) < 4.78 is 0. The Morgan fingerprint density at radius 2 is 1.83 bits per heavy atom. The van der Waals surface area contributed by atoms with E-state index in [9.17, 15) is 9.59 Å². The van der Waals surface area contributed by atoms with Gasteiger partial charge in [-0.2, -0.15) is 5.10 Å². The van der Waals surface area contributed by atoms with Crippen LogP contribution in [0.1, 0.15) is 51.0 Å². The fourth-order valence-electron chi connectivity index (χ4n) is 1.87. The molecule has 0 aromatic heterocycles. The summed E-state index contributed by atoms with van der Waals surface area (Å²) in [7, 11) is 0. The molecule has 0 unspecified atom stereocenters. The lowest BCUT2D eigenvalue weighted by molar-refractivity contribution is -0.123. The third-order valence-corrected chi connectivity index (χ3v) is 3.55. The van der Waals surface area contributed by atoms with Crippen LogP contribution in [0, 0.1) is 0 Å². The molecule has 5 nitrogen and oxygen atoms in total. The minimum Gasteiger partial charge on any atom is -0.356 e. The molecule has 0 saturated heterocycles. The molecule has 1 aromatic carbocycles. The van der Waals surface area contributed by atoms with Gasteiger partial charge < -0.3 is 5.32 Å². The Balaban J connectivity index is 2.13. The zero-order valence-electron chi connectivity index (χ0n) is 13.5. The van der Waals surface area contributed by atoms with Crippen molar-refractivity contribution < 1.29 is 9.59 Å². The van der Waals surface area contributed by atoms with E-state index in [0.29, 0.717) is 30.7 Å². The molecule has 23 heavy (non-hydrogen) atoms. The molecular formula is C17H24ClN3O2. The molecule has 1 aromatic rings. The Bertz CT molecular complexity index is 532. The second-order valence-corrected chi connectivity index (χ2v) is 5.63. The number of amides is 2. The van der Waals surface area contributed by atoms with Gasteiger partial charge in [-0.25, -0.2) is 5.43 Å². The van der Waals surface area contributed by atoms with Gasteiger partial charge in [-0.1, -0.05) is 43.1 Å². The standard InChI is InChI=1S/C17H24ClN3O2/c1-2-3-12-19-16(22)10-6-7-11-17(23)21-20-13-14-8-4-5-9-15(14)18/h4-5,8-9,13H,2-3,6-7,10-12H2,1H3,(H,19,22)(H,21,23). The van der Waals surface area contributed by atoms with Crippen LogP contribution in [-0.2, 0) is 9.59 Å². The van der Waals surface area contributed by atoms with E-state index in [2.05, 4.69) is 22.8 Å². The SMILES string of the molecule is CCCCNC(=O)CCCCC(=O)NN=Cc1ccccc1Cl. The molecule has 0 heterocycles. The van der Waals surface area contributed by atoms with E-state index in [4.69, 9.17) is 11.6 Å². The van der Waals surface area contributed by atoms with Crippen molar-refractivity contribution in [2.24, 2.45) is 5.10 Å². The van der Waals surface area contributed by atoms with Crippen LogP contribution in [0.5, 0.6) is 0 Å². The van der Waals surface area contributed by atoms with Crippen LogP contribution in [0.4, 0.5) is 0 Å². The Kier molecular flexibility index (Phi) is 9.71. The van der Waals surface area contributed by atoms with Crippen LogP contribution in [0.2, 0.25) is 5.02 Å². The molecule has 2 N–H and O–H groups in total. The summed E-state index contributed by atoms with van der Waals surface area (Å²) in [6.45, 7) is 2.81. The van der Waals surface area contributed by atoms with Gasteiger partial charge in [0.1, 0.15) is 0 Å². The molecule has 2 amide bonds. The average Bonchev–Trinajstić information content (AvgIpc) is 2.54. The highest BCUT2D eigenvalue weighted by Gasteiger charge is 2.03. The normalized spacial score (nSPS) is 10.7. The summed E-state index contributed by atoms with van der Waals surface area (Å²) in [5.41, 5.74) is 3.21. The molecule has 0 radical (unpaired) electrons. The van der Waals surface area contributed by atoms with E-state index in [1.165, 1.54) is 6.21 Å². The van der Waals surface area contributed by atoms with Crippen molar-refractivity contribution in [1.29, 1.82) is 0 Å². The lowest BCUT2D eigenvalue weighted by Gasteiger charge is -2.04. The Morgan fingerprint density at radius 3 is 2.52 bits per heavy atom. The number of nitrogens with zero attached hydrogens (tertiary/aromatic N) is 1. The highest BCUT2D eigenvalue weighted by atomic mass is 35.5. The molecular weight excluding hydrogens is 314 g/mol.